The first-order chi connectivity index (χ1) is 18.9. The van der Waals surface area contributed by atoms with E-state index in [0.717, 1.165) is 11.1 Å². The summed E-state index contributed by atoms with van der Waals surface area (Å²) in [7, 11) is 0. The summed E-state index contributed by atoms with van der Waals surface area (Å²) in [6.07, 6.45) is -3.74. The Morgan fingerprint density at radius 2 is 1.46 bits per heavy atom. The van der Waals surface area contributed by atoms with Crippen molar-refractivity contribution in [3.05, 3.63) is 96.1 Å². The number of aliphatic hydroxyl groups is 1. The SMILES string of the molecule is CC(=O)Nc1ccc(OC2OC(COCc3ccccc3)C(O)C(OCc3ccccc3)C2NC(C)=O)cc1. The van der Waals surface area contributed by atoms with Crippen molar-refractivity contribution >= 4 is 17.5 Å². The van der Waals surface area contributed by atoms with Crippen LogP contribution in [-0.2, 0) is 37.0 Å². The van der Waals surface area contributed by atoms with Gasteiger partial charge in [-0.2, -0.15) is 0 Å². The molecule has 3 aromatic carbocycles. The Bertz CT molecular complexity index is 1190. The van der Waals surface area contributed by atoms with Gasteiger partial charge in [0.1, 0.15) is 30.1 Å². The maximum absolute atomic E-state index is 12.2. The minimum Gasteiger partial charge on any atom is -0.463 e. The number of carbonyl (C=O) groups is 2. The summed E-state index contributed by atoms with van der Waals surface area (Å²) in [5.74, 6) is -0.0557. The van der Waals surface area contributed by atoms with E-state index >= 15 is 0 Å². The van der Waals surface area contributed by atoms with Gasteiger partial charge in [0.2, 0.25) is 18.1 Å². The fourth-order valence-electron chi connectivity index (χ4n) is 4.33. The molecule has 1 heterocycles. The first-order valence-electron chi connectivity index (χ1n) is 12.8. The highest BCUT2D eigenvalue weighted by atomic mass is 16.7. The molecule has 2 amide bonds. The van der Waals surface area contributed by atoms with E-state index in [-0.39, 0.29) is 25.0 Å². The molecule has 0 saturated carbocycles. The second-order valence-corrected chi connectivity index (χ2v) is 9.35. The number of nitrogens with one attached hydrogen (secondary N) is 2. The lowest BCUT2D eigenvalue weighted by Gasteiger charge is -2.44. The summed E-state index contributed by atoms with van der Waals surface area (Å²) < 4.78 is 24.4. The standard InChI is InChI=1S/C30H34N2O7/c1-20(33)31-24-13-15-25(16-14-24)38-30-27(32-21(2)34)29(37-18-23-11-7-4-8-12-23)28(35)26(39-30)19-36-17-22-9-5-3-6-10-22/h3-16,26-30,35H,17-19H2,1-2H3,(H,31,33)(H,32,34). The summed E-state index contributed by atoms with van der Waals surface area (Å²) in [4.78, 5) is 23.5. The van der Waals surface area contributed by atoms with E-state index in [9.17, 15) is 14.7 Å². The van der Waals surface area contributed by atoms with Gasteiger partial charge in [-0.15, -0.1) is 0 Å². The molecule has 5 atom stereocenters. The summed E-state index contributed by atoms with van der Waals surface area (Å²) in [6.45, 7) is 3.45. The van der Waals surface area contributed by atoms with E-state index in [1.165, 1.54) is 13.8 Å². The predicted octanol–water partition coefficient (Wildman–Crippen LogP) is 3.42. The molecular weight excluding hydrogens is 500 g/mol. The lowest BCUT2D eigenvalue weighted by atomic mass is 9.96. The molecule has 1 aliphatic rings. The average molecular weight is 535 g/mol. The highest BCUT2D eigenvalue weighted by Crippen LogP contribution is 2.28. The van der Waals surface area contributed by atoms with Crippen molar-refractivity contribution in [2.45, 2.75) is 57.7 Å². The number of hydrogen-bond acceptors (Lipinski definition) is 7. The van der Waals surface area contributed by atoms with E-state index in [1.54, 1.807) is 24.3 Å². The lowest BCUT2D eigenvalue weighted by Crippen LogP contribution is -2.66. The quantitative estimate of drug-likeness (QED) is 0.345. The third-order valence-electron chi connectivity index (χ3n) is 6.15. The van der Waals surface area contributed by atoms with Gasteiger partial charge in [0.05, 0.1) is 19.8 Å². The molecule has 1 aliphatic heterocycles. The number of benzene rings is 3. The van der Waals surface area contributed by atoms with Gasteiger partial charge in [-0.25, -0.2) is 0 Å². The Morgan fingerprint density at radius 1 is 0.846 bits per heavy atom. The van der Waals surface area contributed by atoms with Gasteiger partial charge in [-0.05, 0) is 35.4 Å². The molecule has 9 heteroatoms. The Kier molecular flexibility index (Phi) is 10.0. The molecule has 0 radical (unpaired) electrons. The number of aliphatic hydroxyl groups excluding tert-OH is 1. The molecule has 39 heavy (non-hydrogen) atoms. The normalized spacial score (nSPS) is 22.6. The molecule has 1 fully saturated rings. The Balaban J connectivity index is 1.53. The number of anilines is 1. The number of carbonyl (C=O) groups excluding carboxylic acids is 2. The Labute approximate surface area is 228 Å². The highest BCUT2D eigenvalue weighted by Gasteiger charge is 2.48. The molecule has 1 saturated heterocycles. The summed E-state index contributed by atoms with van der Waals surface area (Å²) in [6, 6.07) is 25.2. The number of ether oxygens (including phenoxy) is 4. The highest BCUT2D eigenvalue weighted by molar-refractivity contribution is 5.88. The molecule has 0 aliphatic carbocycles. The number of rotatable bonds is 11. The van der Waals surface area contributed by atoms with E-state index in [4.69, 9.17) is 18.9 Å². The molecule has 4 rings (SSSR count). The van der Waals surface area contributed by atoms with Crippen molar-refractivity contribution in [3.63, 3.8) is 0 Å². The van der Waals surface area contributed by atoms with Crippen molar-refractivity contribution in [2.75, 3.05) is 11.9 Å². The van der Waals surface area contributed by atoms with Crippen LogP contribution in [0.1, 0.15) is 25.0 Å². The zero-order chi connectivity index (χ0) is 27.6. The zero-order valence-corrected chi connectivity index (χ0v) is 22.0. The first-order valence-corrected chi connectivity index (χ1v) is 12.8. The minimum atomic E-state index is -1.11. The maximum atomic E-state index is 12.2. The van der Waals surface area contributed by atoms with Crippen LogP contribution >= 0.6 is 0 Å². The summed E-state index contributed by atoms with van der Waals surface area (Å²) >= 11 is 0. The van der Waals surface area contributed by atoms with Gasteiger partial charge in [0.15, 0.2) is 0 Å². The van der Waals surface area contributed by atoms with Crippen molar-refractivity contribution in [3.8, 4) is 5.75 Å². The largest absolute Gasteiger partial charge is 0.463 e. The van der Waals surface area contributed by atoms with Crippen LogP contribution < -0.4 is 15.4 Å². The molecular formula is C30H34N2O7. The zero-order valence-electron chi connectivity index (χ0n) is 22.0. The molecule has 0 spiro atoms. The van der Waals surface area contributed by atoms with Crippen LogP contribution in [0.15, 0.2) is 84.9 Å². The van der Waals surface area contributed by atoms with E-state index in [0.29, 0.717) is 18.0 Å². The van der Waals surface area contributed by atoms with Gasteiger partial charge in [-0.1, -0.05) is 60.7 Å². The van der Waals surface area contributed by atoms with Crippen LogP contribution in [-0.4, -0.2) is 54.2 Å². The topological polar surface area (TPSA) is 115 Å². The third-order valence-corrected chi connectivity index (χ3v) is 6.15. The number of hydrogen-bond donors (Lipinski definition) is 3. The second-order valence-electron chi connectivity index (χ2n) is 9.35. The molecule has 3 N–H and O–H groups in total. The van der Waals surface area contributed by atoms with E-state index < -0.39 is 30.6 Å². The van der Waals surface area contributed by atoms with Crippen LogP contribution in [0.4, 0.5) is 5.69 Å². The number of amides is 2. The van der Waals surface area contributed by atoms with Gasteiger partial charge < -0.3 is 34.7 Å². The van der Waals surface area contributed by atoms with E-state index in [2.05, 4.69) is 10.6 Å². The lowest BCUT2D eigenvalue weighted by molar-refractivity contribution is -0.258. The summed E-state index contributed by atoms with van der Waals surface area (Å²) in [5, 5.41) is 16.9. The van der Waals surface area contributed by atoms with Gasteiger partial charge in [0.25, 0.3) is 0 Å². The molecule has 5 unspecified atom stereocenters. The molecule has 206 valence electrons. The van der Waals surface area contributed by atoms with Crippen molar-refractivity contribution in [2.24, 2.45) is 0 Å². The van der Waals surface area contributed by atoms with Gasteiger partial charge >= 0.3 is 0 Å². The van der Waals surface area contributed by atoms with E-state index in [1.807, 2.05) is 60.7 Å². The smallest absolute Gasteiger partial charge is 0.223 e. The molecule has 0 aromatic heterocycles. The van der Waals surface area contributed by atoms with Crippen molar-refractivity contribution in [1.82, 2.24) is 5.32 Å². The Morgan fingerprint density at radius 3 is 2.05 bits per heavy atom. The maximum Gasteiger partial charge on any atom is 0.223 e. The first kappa shape index (κ1) is 28.3. The molecule has 3 aromatic rings. The van der Waals surface area contributed by atoms with Crippen LogP contribution in [0.2, 0.25) is 0 Å². The summed E-state index contributed by atoms with van der Waals surface area (Å²) in [5.41, 5.74) is 2.52. The van der Waals surface area contributed by atoms with Crippen LogP contribution in [0, 0.1) is 0 Å². The van der Waals surface area contributed by atoms with Crippen molar-refractivity contribution < 1.29 is 33.6 Å². The van der Waals surface area contributed by atoms with Crippen LogP contribution in [0.25, 0.3) is 0 Å². The molecule has 0 bridgehead atoms. The third kappa shape index (κ3) is 8.36. The van der Waals surface area contributed by atoms with Gasteiger partial charge in [-0.3, -0.25) is 9.59 Å². The van der Waals surface area contributed by atoms with Gasteiger partial charge in [0, 0.05) is 19.5 Å². The predicted molar refractivity (Wildman–Crippen MR) is 145 cm³/mol. The average Bonchev–Trinajstić information content (AvgIpc) is 2.92. The van der Waals surface area contributed by atoms with Crippen LogP contribution in [0.3, 0.4) is 0 Å². The molecule has 9 nitrogen and oxygen atoms in total. The van der Waals surface area contributed by atoms with Crippen LogP contribution in [0.5, 0.6) is 5.75 Å². The van der Waals surface area contributed by atoms with Crippen molar-refractivity contribution in [1.29, 1.82) is 0 Å². The monoisotopic (exact) mass is 534 g/mol. The fourth-order valence-corrected chi connectivity index (χ4v) is 4.33. The minimum absolute atomic E-state index is 0.0787. The fraction of sp³-hybridized carbons (Fsp3) is 0.333. The Hall–Kier alpha value is -3.76. The second kappa shape index (κ2) is 13.9.